The number of aryl methyl sites for hydroxylation is 1. The minimum absolute atomic E-state index is 0.0146. The quantitative estimate of drug-likeness (QED) is 0.256. The molecule has 0 amide bonds. The topological polar surface area (TPSA) is 58.2 Å². The fourth-order valence-electron chi connectivity index (χ4n) is 6.29. The molecular weight excluding hydrogens is 590 g/mol. The van der Waals surface area contributed by atoms with E-state index in [9.17, 15) is 12.8 Å². The minimum atomic E-state index is -3.84. The van der Waals surface area contributed by atoms with Gasteiger partial charge in [0.2, 0.25) is 10.0 Å². The van der Waals surface area contributed by atoms with Crippen LogP contribution >= 0.6 is 34.8 Å². The van der Waals surface area contributed by atoms with Crippen LogP contribution in [0, 0.1) is 17.7 Å². The van der Waals surface area contributed by atoms with Crippen LogP contribution in [0.2, 0.25) is 15.1 Å². The molecule has 40 heavy (non-hydrogen) atoms. The van der Waals surface area contributed by atoms with Crippen molar-refractivity contribution in [3.63, 3.8) is 0 Å². The molecule has 0 aromatic heterocycles. The zero-order chi connectivity index (χ0) is 28.3. The summed E-state index contributed by atoms with van der Waals surface area (Å²) >= 11 is 18.2. The summed E-state index contributed by atoms with van der Waals surface area (Å²) in [7, 11) is -3.84. The lowest BCUT2D eigenvalue weighted by Crippen LogP contribution is -2.42. The van der Waals surface area contributed by atoms with Gasteiger partial charge in [-0.3, -0.25) is 0 Å². The molecule has 0 bridgehead atoms. The molecule has 0 aliphatic heterocycles. The van der Waals surface area contributed by atoms with Gasteiger partial charge >= 0.3 is 0 Å². The van der Waals surface area contributed by atoms with E-state index in [1.54, 1.807) is 12.1 Å². The van der Waals surface area contributed by atoms with Gasteiger partial charge in [0.15, 0.2) is 0 Å². The molecule has 9 heteroatoms. The maximum Gasteiger partial charge on any atom is 0.243 e. The lowest BCUT2D eigenvalue weighted by Gasteiger charge is -2.36. The van der Waals surface area contributed by atoms with Crippen LogP contribution < -0.4 is 10.0 Å². The molecule has 3 aromatic carbocycles. The van der Waals surface area contributed by atoms with Gasteiger partial charge < -0.3 is 5.32 Å². The number of hydrogen-bond donors (Lipinski definition) is 2. The Kier molecular flexibility index (Phi) is 9.76. The molecule has 0 radical (unpaired) electrons. The van der Waals surface area contributed by atoms with E-state index in [4.69, 9.17) is 34.8 Å². The number of rotatable bonds is 9. The van der Waals surface area contributed by atoms with Crippen molar-refractivity contribution in [1.82, 2.24) is 10.0 Å². The van der Waals surface area contributed by atoms with Crippen LogP contribution in [0.25, 0.3) is 0 Å². The van der Waals surface area contributed by atoms with Gasteiger partial charge in [0.1, 0.15) is 10.7 Å². The van der Waals surface area contributed by atoms with Crippen molar-refractivity contribution < 1.29 is 12.8 Å². The van der Waals surface area contributed by atoms with Crippen molar-refractivity contribution >= 4 is 44.8 Å². The normalized spacial score (nSPS) is 23.1. The largest absolute Gasteiger partial charge is 0.313 e. The molecule has 0 spiro atoms. The van der Waals surface area contributed by atoms with Gasteiger partial charge in [-0.05, 0) is 104 Å². The molecule has 0 saturated heterocycles. The molecule has 3 aromatic rings. The lowest BCUT2D eigenvalue weighted by atomic mass is 9.75. The average Bonchev–Trinajstić information content (AvgIpc) is 2.92. The number of halogens is 4. The first-order valence-corrected chi connectivity index (χ1v) is 16.5. The third kappa shape index (κ3) is 7.21. The van der Waals surface area contributed by atoms with Gasteiger partial charge in [-0.15, -0.1) is 0 Å². The molecule has 2 aliphatic carbocycles. The third-order valence-electron chi connectivity index (χ3n) is 8.44. The van der Waals surface area contributed by atoms with Crippen molar-refractivity contribution in [3.8, 4) is 0 Å². The summed E-state index contributed by atoms with van der Waals surface area (Å²) in [6.07, 6.45) is 6.78. The summed E-state index contributed by atoms with van der Waals surface area (Å²) in [5, 5.41) is 4.20. The van der Waals surface area contributed by atoms with E-state index in [1.165, 1.54) is 23.3 Å². The second-order valence-electron chi connectivity index (χ2n) is 11.1. The van der Waals surface area contributed by atoms with Gasteiger partial charge in [-0.1, -0.05) is 71.2 Å². The zero-order valence-electron chi connectivity index (χ0n) is 22.2. The molecule has 2 N–H and O–H groups in total. The number of nitrogens with one attached hydrogen (secondary N) is 2. The maximum atomic E-state index is 14.0. The predicted molar refractivity (Wildman–Crippen MR) is 162 cm³/mol. The Morgan fingerprint density at radius 2 is 1.48 bits per heavy atom. The van der Waals surface area contributed by atoms with E-state index in [2.05, 4.69) is 34.3 Å². The summed E-state index contributed by atoms with van der Waals surface area (Å²) in [6.45, 7) is 1.29. The van der Waals surface area contributed by atoms with Crippen LogP contribution in [0.4, 0.5) is 4.39 Å². The van der Waals surface area contributed by atoms with E-state index >= 15 is 0 Å². The monoisotopic (exact) mass is 622 g/mol. The van der Waals surface area contributed by atoms with Crippen LogP contribution in [-0.2, 0) is 22.9 Å². The van der Waals surface area contributed by atoms with Crippen molar-refractivity contribution in [1.29, 1.82) is 0 Å². The summed E-state index contributed by atoms with van der Waals surface area (Å²) in [5.74, 6) is 0.934. The van der Waals surface area contributed by atoms with Gasteiger partial charge in [0.05, 0.1) is 10.0 Å². The number of hydrogen-bond acceptors (Lipinski definition) is 3. The summed E-state index contributed by atoms with van der Waals surface area (Å²) < 4.78 is 42.4. The fourth-order valence-corrected chi connectivity index (χ4v) is 8.95. The Hall–Kier alpha value is -1.67. The number of fused-ring (bicyclic) bond motifs is 1. The Bertz CT molecular complexity index is 1410. The third-order valence-corrected chi connectivity index (χ3v) is 11.0. The summed E-state index contributed by atoms with van der Waals surface area (Å²) in [6, 6.07) is 18.9. The average molecular weight is 624 g/mol. The standard InChI is InChI=1S/C31H34Cl3FN2O2S/c32-24-16-28(33)31(29(34)17-24)40(38,39)37-19-22-8-6-21(7-9-22)18-36-30-13-10-23-15-25(35)11-12-26(23)27(30)14-20-4-2-1-3-5-20/h1-5,11-12,15-17,21-22,27,30,36-37H,6-10,13-14,18-19H2. The van der Waals surface area contributed by atoms with Crippen molar-refractivity contribution in [2.24, 2.45) is 11.8 Å². The van der Waals surface area contributed by atoms with E-state index in [0.717, 1.165) is 57.1 Å². The van der Waals surface area contributed by atoms with Gasteiger partial charge in [-0.2, -0.15) is 0 Å². The minimum Gasteiger partial charge on any atom is -0.313 e. The fraction of sp³-hybridized carbons (Fsp3) is 0.419. The highest BCUT2D eigenvalue weighted by molar-refractivity contribution is 7.89. The van der Waals surface area contributed by atoms with Crippen molar-refractivity contribution in [2.45, 2.75) is 61.8 Å². The molecule has 214 valence electrons. The second kappa shape index (κ2) is 13.1. The van der Waals surface area contributed by atoms with E-state index in [0.29, 0.717) is 29.4 Å². The van der Waals surface area contributed by atoms with Crippen LogP contribution in [-0.4, -0.2) is 27.5 Å². The van der Waals surface area contributed by atoms with E-state index in [-0.39, 0.29) is 26.7 Å². The highest BCUT2D eigenvalue weighted by Gasteiger charge is 2.31. The lowest BCUT2D eigenvalue weighted by molar-refractivity contribution is 0.252. The molecule has 4 nitrogen and oxygen atoms in total. The van der Waals surface area contributed by atoms with Crippen LogP contribution in [0.1, 0.15) is 54.7 Å². The first-order valence-electron chi connectivity index (χ1n) is 13.9. The summed E-state index contributed by atoms with van der Waals surface area (Å²) in [4.78, 5) is -0.125. The maximum absolute atomic E-state index is 14.0. The van der Waals surface area contributed by atoms with Gasteiger partial charge in [0.25, 0.3) is 0 Å². The SMILES string of the molecule is O=S(=O)(NCC1CCC(CNC2CCc3cc(F)ccc3C2Cc2ccccc2)CC1)c1c(Cl)cc(Cl)cc1Cl. The van der Waals surface area contributed by atoms with E-state index < -0.39 is 10.0 Å². The zero-order valence-corrected chi connectivity index (χ0v) is 25.3. The molecule has 5 rings (SSSR count). The highest BCUT2D eigenvalue weighted by Crippen LogP contribution is 2.36. The molecule has 1 saturated carbocycles. The van der Waals surface area contributed by atoms with Crippen LogP contribution in [0.15, 0.2) is 65.6 Å². The van der Waals surface area contributed by atoms with E-state index in [1.807, 2.05) is 12.1 Å². The predicted octanol–water partition coefficient (Wildman–Crippen LogP) is 7.80. The number of sulfonamides is 1. The van der Waals surface area contributed by atoms with Crippen LogP contribution in [0.5, 0.6) is 0 Å². The van der Waals surface area contributed by atoms with Gasteiger partial charge in [0, 0.05) is 23.5 Å². The molecular formula is C31H34Cl3FN2O2S. The van der Waals surface area contributed by atoms with Crippen LogP contribution in [0.3, 0.4) is 0 Å². The Morgan fingerprint density at radius 3 is 2.15 bits per heavy atom. The molecule has 2 atom stereocenters. The molecule has 2 unspecified atom stereocenters. The Labute approximate surface area is 251 Å². The molecule has 0 heterocycles. The summed E-state index contributed by atoms with van der Waals surface area (Å²) in [5.41, 5.74) is 3.68. The first-order chi connectivity index (χ1) is 19.2. The molecule has 1 fully saturated rings. The Morgan fingerprint density at radius 1 is 0.825 bits per heavy atom. The van der Waals surface area contributed by atoms with Crippen molar-refractivity contribution in [2.75, 3.05) is 13.1 Å². The van der Waals surface area contributed by atoms with Crippen molar-refractivity contribution in [3.05, 3.63) is 98.2 Å². The highest BCUT2D eigenvalue weighted by atomic mass is 35.5. The Balaban J connectivity index is 1.15. The van der Waals surface area contributed by atoms with Gasteiger partial charge in [-0.25, -0.2) is 17.5 Å². The number of benzene rings is 3. The molecule has 2 aliphatic rings. The second-order valence-corrected chi connectivity index (χ2v) is 14.1. The smallest absolute Gasteiger partial charge is 0.243 e. The first kappa shape index (κ1) is 29.8.